The second-order valence-corrected chi connectivity index (χ2v) is 17.0. The van der Waals surface area contributed by atoms with Crippen molar-refractivity contribution in [3.63, 3.8) is 0 Å². The first kappa shape index (κ1) is 55.8. The molecule has 0 amide bonds. The minimum Gasteiger partial charge on any atom is -0.481 e. The standard InChI is InChI=1S/C17H17F2N3O3.C15H13F2N3O3.C10H11ClN2O2.C7H7F2NO/c1-2-24-16(23)17(7-8-17)13-5-6-14(22-21-13)25-10-11-3-4-12(15(18)19)20-9-11;16-13(17)10-2-1-9(7-18-10)8-23-12-4-3-11(19-20-12)15(5-6-15)14(21)22;1-2-15-9(14)10(5-6-10)7-3-4-8(11)13-12-7;8-7(9)6-2-1-5(4-11)3-10-6/h3-6,9,15H,2,7-8,10H2,1H3;1-4,7,13H,5-6,8H2,(H,21,22);3-4H,2,5-6H2,1H3;1-3,7,11H,4H2. The zero-order valence-electron chi connectivity index (χ0n) is 39.6. The highest BCUT2D eigenvalue weighted by Gasteiger charge is 2.55. The molecule has 0 spiro atoms. The van der Waals surface area contributed by atoms with Crippen molar-refractivity contribution in [2.75, 3.05) is 13.2 Å². The lowest BCUT2D eigenvalue weighted by Gasteiger charge is -2.12. The maximum atomic E-state index is 12.4. The topological polar surface area (TPSA) is 245 Å². The van der Waals surface area contributed by atoms with Crippen LogP contribution in [0.4, 0.5) is 26.3 Å². The minimum atomic E-state index is -2.60. The fourth-order valence-electron chi connectivity index (χ4n) is 6.77. The van der Waals surface area contributed by atoms with Crippen LogP contribution in [-0.2, 0) is 59.9 Å². The van der Waals surface area contributed by atoms with E-state index in [1.165, 1.54) is 55.0 Å². The van der Waals surface area contributed by atoms with Gasteiger partial charge in [0.05, 0.1) is 36.9 Å². The summed E-state index contributed by atoms with van der Waals surface area (Å²) in [6.07, 6.45) is 0.213. The minimum absolute atomic E-state index is 0.106. The van der Waals surface area contributed by atoms with E-state index in [1.54, 1.807) is 50.2 Å². The Morgan fingerprint density at radius 3 is 1.16 bits per heavy atom. The number of aliphatic carboxylic acids is 1. The van der Waals surface area contributed by atoms with Crippen LogP contribution in [0.1, 0.15) is 123 Å². The summed E-state index contributed by atoms with van der Waals surface area (Å²) in [5.74, 6) is -0.871. The molecule has 3 aliphatic rings. The number of carboxylic acid groups (broad SMARTS) is 1. The maximum absolute atomic E-state index is 12.4. The van der Waals surface area contributed by atoms with E-state index in [0.717, 1.165) is 12.8 Å². The smallest absolute Gasteiger partial charge is 0.318 e. The third kappa shape index (κ3) is 14.6. The van der Waals surface area contributed by atoms with Gasteiger partial charge in [-0.2, -0.15) is 15.3 Å². The van der Waals surface area contributed by atoms with E-state index < -0.39 is 41.5 Å². The molecule has 0 atom stereocenters. The van der Waals surface area contributed by atoms with E-state index in [0.29, 0.717) is 77.8 Å². The lowest BCUT2D eigenvalue weighted by atomic mass is 10.0. The molecule has 3 fully saturated rings. The SMILES string of the molecule is CCOC(=O)C1(c2ccc(Cl)nn2)CC1.CCOC(=O)C1(c2ccc(OCc3ccc(C(F)F)nc3)nn2)CC1.O=C(O)C1(c2ccc(OCc3ccc(C(F)F)nc3)nn2)CC1.OCc1ccc(C(F)F)nc1. The molecule has 0 aliphatic heterocycles. The van der Waals surface area contributed by atoms with E-state index in [9.17, 15) is 45.8 Å². The third-order valence-electron chi connectivity index (χ3n) is 11.5. The summed E-state index contributed by atoms with van der Waals surface area (Å²) in [5, 5.41) is 41.5. The largest absolute Gasteiger partial charge is 0.481 e. The number of alkyl halides is 6. The van der Waals surface area contributed by atoms with Crippen LogP contribution in [0.2, 0.25) is 5.15 Å². The molecular formula is C49H48ClF6N9O9. The second-order valence-electron chi connectivity index (χ2n) is 16.7. The van der Waals surface area contributed by atoms with E-state index in [1.807, 2.05) is 0 Å². The Balaban J connectivity index is 0.000000168. The Hall–Kier alpha value is -7.47. The number of esters is 2. The van der Waals surface area contributed by atoms with Crippen LogP contribution in [-0.4, -0.2) is 86.9 Å². The normalized spacial score (nSPS) is 14.9. The van der Waals surface area contributed by atoms with Gasteiger partial charge in [-0.3, -0.25) is 29.3 Å². The third-order valence-corrected chi connectivity index (χ3v) is 11.7. The molecule has 74 heavy (non-hydrogen) atoms. The van der Waals surface area contributed by atoms with Crippen molar-refractivity contribution in [1.29, 1.82) is 0 Å². The van der Waals surface area contributed by atoms with Gasteiger partial charge in [0.15, 0.2) is 5.15 Å². The van der Waals surface area contributed by atoms with Crippen molar-refractivity contribution in [2.24, 2.45) is 0 Å². The number of hydrogen-bond acceptors (Lipinski definition) is 17. The average molecular weight is 1060 g/mol. The van der Waals surface area contributed by atoms with Crippen LogP contribution in [0.5, 0.6) is 11.8 Å². The molecule has 0 unspecified atom stereocenters. The number of carbonyl (C=O) groups is 3. The molecule has 392 valence electrons. The van der Waals surface area contributed by atoms with Gasteiger partial charge in [-0.05, 0) is 100 Å². The Bertz CT molecular complexity index is 2760. The quantitative estimate of drug-likeness (QED) is 0.0603. The highest BCUT2D eigenvalue weighted by Crippen LogP contribution is 2.49. The number of aliphatic hydroxyl groups is 1. The first-order valence-corrected chi connectivity index (χ1v) is 23.2. The number of carboxylic acids is 1. The Morgan fingerprint density at radius 2 is 0.892 bits per heavy atom. The van der Waals surface area contributed by atoms with E-state index >= 15 is 0 Å². The van der Waals surface area contributed by atoms with Crippen LogP contribution in [0, 0.1) is 0 Å². The van der Waals surface area contributed by atoms with Gasteiger partial charge in [0.25, 0.3) is 19.3 Å². The predicted octanol–water partition coefficient (Wildman–Crippen LogP) is 8.72. The number of ether oxygens (including phenoxy) is 4. The molecular weight excluding hydrogens is 1010 g/mol. The number of carbonyl (C=O) groups excluding carboxylic acids is 2. The van der Waals surface area contributed by atoms with Gasteiger partial charge in [0, 0.05) is 41.9 Å². The van der Waals surface area contributed by atoms with Crippen molar-refractivity contribution in [3.8, 4) is 11.8 Å². The van der Waals surface area contributed by atoms with Crippen molar-refractivity contribution in [2.45, 2.75) is 108 Å². The Kier molecular flexibility index (Phi) is 19.2. The molecule has 3 saturated carbocycles. The maximum Gasteiger partial charge on any atom is 0.318 e. The number of aromatic nitrogens is 9. The van der Waals surface area contributed by atoms with Crippen LogP contribution in [0.25, 0.3) is 0 Å². The van der Waals surface area contributed by atoms with Gasteiger partial charge in [-0.25, -0.2) is 26.3 Å². The van der Waals surface area contributed by atoms with Crippen molar-refractivity contribution in [1.82, 2.24) is 45.5 Å². The number of nitrogens with zero attached hydrogens (tertiary/aromatic N) is 9. The molecule has 0 aromatic carbocycles. The molecule has 6 heterocycles. The van der Waals surface area contributed by atoms with Gasteiger partial charge >= 0.3 is 17.9 Å². The molecule has 6 aromatic heterocycles. The zero-order chi connectivity index (χ0) is 53.5. The molecule has 25 heteroatoms. The average Bonchev–Trinajstić information content (AvgIpc) is 4.28. The van der Waals surface area contributed by atoms with Crippen LogP contribution in [0.3, 0.4) is 0 Å². The van der Waals surface area contributed by atoms with Crippen LogP contribution < -0.4 is 9.47 Å². The molecule has 9 rings (SSSR count). The molecule has 0 radical (unpaired) electrons. The Morgan fingerprint density at radius 1 is 0.527 bits per heavy atom. The lowest BCUT2D eigenvalue weighted by molar-refractivity contribution is -0.147. The summed E-state index contributed by atoms with van der Waals surface area (Å²) in [4.78, 5) is 45.6. The van der Waals surface area contributed by atoms with E-state index in [2.05, 4.69) is 45.5 Å². The zero-order valence-corrected chi connectivity index (χ0v) is 40.3. The van der Waals surface area contributed by atoms with Gasteiger partial charge in [0.2, 0.25) is 11.8 Å². The fraction of sp³-hybridized carbons (Fsp3) is 0.388. The first-order valence-electron chi connectivity index (χ1n) is 22.8. The van der Waals surface area contributed by atoms with Gasteiger partial charge in [-0.15, -0.1) is 15.3 Å². The first-order chi connectivity index (χ1) is 35.5. The van der Waals surface area contributed by atoms with Crippen LogP contribution in [0.15, 0.2) is 91.4 Å². The van der Waals surface area contributed by atoms with Crippen molar-refractivity contribution < 1.29 is 69.9 Å². The van der Waals surface area contributed by atoms with Crippen molar-refractivity contribution in [3.05, 3.63) is 147 Å². The molecule has 0 saturated heterocycles. The van der Waals surface area contributed by atoms with Crippen molar-refractivity contribution >= 4 is 29.5 Å². The fourth-order valence-corrected chi connectivity index (χ4v) is 6.87. The summed E-state index contributed by atoms with van der Waals surface area (Å²) < 4.78 is 94.4. The summed E-state index contributed by atoms with van der Waals surface area (Å²) in [7, 11) is 0. The predicted molar refractivity (Wildman–Crippen MR) is 247 cm³/mol. The second kappa shape index (κ2) is 25.5. The van der Waals surface area contributed by atoms with E-state index in [4.69, 9.17) is 35.7 Å². The number of halogens is 7. The summed E-state index contributed by atoms with van der Waals surface area (Å²) >= 11 is 5.63. The molecule has 18 nitrogen and oxygen atoms in total. The monoisotopic (exact) mass is 1060 g/mol. The van der Waals surface area contributed by atoms with Gasteiger partial charge in [0.1, 0.15) is 46.5 Å². The number of rotatable bonds is 18. The molecule has 6 aromatic rings. The van der Waals surface area contributed by atoms with Gasteiger partial charge < -0.3 is 29.2 Å². The summed E-state index contributed by atoms with van der Waals surface area (Å²) in [6, 6.07) is 18.0. The van der Waals surface area contributed by atoms with E-state index in [-0.39, 0.29) is 60.6 Å². The highest BCUT2D eigenvalue weighted by molar-refractivity contribution is 6.29. The molecule has 0 bridgehead atoms. The summed E-state index contributed by atoms with van der Waals surface area (Å²) in [5.41, 5.74) is 0.487. The number of pyridine rings is 3. The molecule has 3 aliphatic carbocycles. The Labute approximate surface area is 423 Å². The number of aliphatic hydroxyl groups excluding tert-OH is 1. The van der Waals surface area contributed by atoms with Gasteiger partial charge in [-0.1, -0.05) is 29.8 Å². The molecule has 2 N–H and O–H groups in total. The summed E-state index contributed by atoms with van der Waals surface area (Å²) in [6.45, 7) is 4.34. The van der Waals surface area contributed by atoms with Crippen LogP contribution >= 0.6 is 11.6 Å². The highest BCUT2D eigenvalue weighted by atomic mass is 35.5. The lowest BCUT2D eigenvalue weighted by Crippen LogP contribution is -2.24. The number of hydrogen-bond donors (Lipinski definition) is 2.